The first-order chi connectivity index (χ1) is 7.74. The van der Waals surface area contributed by atoms with Crippen molar-refractivity contribution in [2.24, 2.45) is 0 Å². The van der Waals surface area contributed by atoms with Gasteiger partial charge in [-0.15, -0.1) is 0 Å². The van der Waals surface area contributed by atoms with Crippen LogP contribution in [0.15, 0.2) is 42.6 Å². The predicted octanol–water partition coefficient (Wildman–Crippen LogP) is 2.66. The monoisotopic (exact) mass is 213 g/mol. The summed E-state index contributed by atoms with van der Waals surface area (Å²) in [6.45, 7) is 0. The maximum atomic E-state index is 9.11. The van der Waals surface area contributed by atoms with E-state index in [0.717, 1.165) is 11.3 Å². The lowest BCUT2D eigenvalue weighted by Crippen LogP contribution is -1.78. The minimum absolute atomic E-state index is 0.154. The van der Waals surface area contributed by atoms with Gasteiger partial charge in [0, 0.05) is 0 Å². The third kappa shape index (κ3) is 2.60. The fourth-order valence-electron chi connectivity index (χ4n) is 1.26. The summed E-state index contributed by atoms with van der Waals surface area (Å²) >= 11 is 0. The van der Waals surface area contributed by atoms with Crippen molar-refractivity contribution in [1.82, 2.24) is 4.98 Å². The van der Waals surface area contributed by atoms with E-state index in [0.29, 0.717) is 0 Å². The number of benzene rings is 1. The third-order valence-corrected chi connectivity index (χ3v) is 2.11. The summed E-state index contributed by atoms with van der Waals surface area (Å²) in [6, 6.07) is 10.2. The van der Waals surface area contributed by atoms with Crippen LogP contribution in [0, 0.1) is 0 Å². The first kappa shape index (κ1) is 10.2. The first-order valence-electron chi connectivity index (χ1n) is 4.86. The molecular formula is C13H11NO2. The molecule has 1 aromatic carbocycles. The van der Waals surface area contributed by atoms with Crippen LogP contribution in [-0.2, 0) is 0 Å². The Labute approximate surface area is 93.3 Å². The van der Waals surface area contributed by atoms with Gasteiger partial charge in [0.05, 0.1) is 11.9 Å². The molecule has 2 rings (SSSR count). The number of hydrogen-bond acceptors (Lipinski definition) is 3. The number of hydrogen-bond donors (Lipinski definition) is 2. The smallest absolute Gasteiger partial charge is 0.133 e. The maximum absolute atomic E-state index is 9.11. The molecule has 2 N–H and O–H groups in total. The van der Waals surface area contributed by atoms with Crippen molar-refractivity contribution in [3.8, 4) is 11.5 Å². The highest BCUT2D eigenvalue weighted by atomic mass is 16.3. The zero-order chi connectivity index (χ0) is 11.4. The molecule has 0 aliphatic carbocycles. The second kappa shape index (κ2) is 4.49. The second-order valence-corrected chi connectivity index (χ2v) is 3.37. The molecule has 0 aliphatic heterocycles. The van der Waals surface area contributed by atoms with Gasteiger partial charge >= 0.3 is 0 Å². The van der Waals surface area contributed by atoms with Crippen LogP contribution in [0.1, 0.15) is 11.3 Å². The van der Waals surface area contributed by atoms with Crippen LogP contribution in [0.25, 0.3) is 12.2 Å². The Balaban J connectivity index is 2.15. The molecule has 0 amide bonds. The molecule has 0 radical (unpaired) electrons. The molecule has 0 fully saturated rings. The Hall–Kier alpha value is -2.29. The molecule has 0 spiro atoms. The standard InChI is InChI=1S/C13H11NO2/c15-12-6-2-10(3-7-12)1-4-11-5-8-13(16)9-14-11/h1-9,15-16H. The Morgan fingerprint density at radius 3 is 2.12 bits per heavy atom. The highest BCUT2D eigenvalue weighted by molar-refractivity contribution is 5.68. The van der Waals surface area contributed by atoms with Crippen LogP contribution in [0.3, 0.4) is 0 Å². The molecule has 0 saturated heterocycles. The molecule has 16 heavy (non-hydrogen) atoms. The number of phenolic OH excluding ortho intramolecular Hbond substituents is 1. The van der Waals surface area contributed by atoms with Crippen molar-refractivity contribution in [3.05, 3.63) is 53.9 Å². The largest absolute Gasteiger partial charge is 0.508 e. The van der Waals surface area contributed by atoms with E-state index >= 15 is 0 Å². The normalized spacial score (nSPS) is 10.8. The van der Waals surface area contributed by atoms with Gasteiger partial charge in [0.1, 0.15) is 11.5 Å². The molecule has 1 aromatic heterocycles. The van der Waals surface area contributed by atoms with Crippen molar-refractivity contribution in [2.45, 2.75) is 0 Å². The third-order valence-electron chi connectivity index (χ3n) is 2.11. The molecule has 0 bridgehead atoms. The van der Waals surface area contributed by atoms with Crippen LogP contribution in [0.5, 0.6) is 11.5 Å². The van der Waals surface area contributed by atoms with E-state index in [9.17, 15) is 0 Å². The fraction of sp³-hybridized carbons (Fsp3) is 0. The number of pyridine rings is 1. The lowest BCUT2D eigenvalue weighted by Gasteiger charge is -1.95. The van der Waals surface area contributed by atoms with E-state index in [-0.39, 0.29) is 11.5 Å². The molecule has 0 atom stereocenters. The summed E-state index contributed by atoms with van der Waals surface area (Å²) in [4.78, 5) is 4.02. The highest BCUT2D eigenvalue weighted by Gasteiger charge is 1.91. The summed E-state index contributed by atoms with van der Waals surface area (Å²) in [5.74, 6) is 0.404. The van der Waals surface area contributed by atoms with Gasteiger partial charge in [-0.05, 0) is 35.9 Å². The van der Waals surface area contributed by atoms with E-state index in [1.807, 2.05) is 24.3 Å². The van der Waals surface area contributed by atoms with E-state index in [4.69, 9.17) is 10.2 Å². The molecule has 0 aliphatic rings. The van der Waals surface area contributed by atoms with Crippen LogP contribution in [0.4, 0.5) is 0 Å². The molecule has 0 unspecified atom stereocenters. The minimum Gasteiger partial charge on any atom is -0.508 e. The zero-order valence-corrected chi connectivity index (χ0v) is 8.54. The summed E-state index contributed by atoms with van der Waals surface area (Å²) in [7, 11) is 0. The first-order valence-corrected chi connectivity index (χ1v) is 4.86. The van der Waals surface area contributed by atoms with Gasteiger partial charge in [-0.3, -0.25) is 4.98 Å². The summed E-state index contributed by atoms with van der Waals surface area (Å²) in [5.41, 5.74) is 1.75. The maximum Gasteiger partial charge on any atom is 0.133 e. The number of aromatic nitrogens is 1. The molecule has 1 heterocycles. The molecule has 2 aromatic rings. The van der Waals surface area contributed by atoms with E-state index in [1.54, 1.807) is 24.3 Å². The van der Waals surface area contributed by atoms with Gasteiger partial charge in [0.2, 0.25) is 0 Å². The second-order valence-electron chi connectivity index (χ2n) is 3.37. The van der Waals surface area contributed by atoms with Gasteiger partial charge < -0.3 is 10.2 Å². The average Bonchev–Trinajstić information content (AvgIpc) is 2.30. The van der Waals surface area contributed by atoms with Crippen molar-refractivity contribution in [1.29, 1.82) is 0 Å². The van der Waals surface area contributed by atoms with Crippen LogP contribution >= 0.6 is 0 Å². The van der Waals surface area contributed by atoms with Gasteiger partial charge in [0.15, 0.2) is 0 Å². The number of nitrogens with zero attached hydrogens (tertiary/aromatic N) is 1. The Morgan fingerprint density at radius 1 is 0.812 bits per heavy atom. The van der Waals surface area contributed by atoms with E-state index in [2.05, 4.69) is 4.98 Å². The number of rotatable bonds is 2. The zero-order valence-electron chi connectivity index (χ0n) is 8.54. The fourth-order valence-corrected chi connectivity index (χ4v) is 1.26. The molecule has 3 heteroatoms. The lowest BCUT2D eigenvalue weighted by atomic mass is 10.2. The summed E-state index contributed by atoms with van der Waals surface area (Å²) in [6.07, 6.45) is 5.13. The number of phenols is 1. The number of aromatic hydroxyl groups is 2. The lowest BCUT2D eigenvalue weighted by molar-refractivity contribution is 0.472. The molecular weight excluding hydrogens is 202 g/mol. The molecule has 0 saturated carbocycles. The predicted molar refractivity (Wildman–Crippen MR) is 62.9 cm³/mol. The van der Waals surface area contributed by atoms with Crippen LogP contribution in [0.2, 0.25) is 0 Å². The average molecular weight is 213 g/mol. The van der Waals surface area contributed by atoms with Gasteiger partial charge in [-0.2, -0.15) is 0 Å². The van der Waals surface area contributed by atoms with Gasteiger partial charge in [-0.1, -0.05) is 18.2 Å². The van der Waals surface area contributed by atoms with E-state index < -0.39 is 0 Å². The highest BCUT2D eigenvalue weighted by Crippen LogP contribution is 2.13. The van der Waals surface area contributed by atoms with E-state index in [1.165, 1.54) is 6.20 Å². The molecule has 80 valence electrons. The van der Waals surface area contributed by atoms with Crippen molar-refractivity contribution >= 4 is 12.2 Å². The van der Waals surface area contributed by atoms with Crippen molar-refractivity contribution < 1.29 is 10.2 Å². The minimum atomic E-state index is 0.154. The quantitative estimate of drug-likeness (QED) is 0.806. The van der Waals surface area contributed by atoms with Crippen molar-refractivity contribution in [3.63, 3.8) is 0 Å². The summed E-state index contributed by atoms with van der Waals surface area (Å²) < 4.78 is 0. The SMILES string of the molecule is Oc1ccc(C=Cc2ccc(O)cn2)cc1. The van der Waals surface area contributed by atoms with Crippen LogP contribution < -0.4 is 0 Å². The topological polar surface area (TPSA) is 53.4 Å². The van der Waals surface area contributed by atoms with Crippen molar-refractivity contribution in [2.75, 3.05) is 0 Å². The van der Waals surface area contributed by atoms with Crippen LogP contribution in [-0.4, -0.2) is 15.2 Å². The Morgan fingerprint density at radius 2 is 1.50 bits per heavy atom. The molecule has 3 nitrogen and oxygen atoms in total. The Kier molecular flexibility index (Phi) is 2.87. The Bertz CT molecular complexity index is 439. The van der Waals surface area contributed by atoms with Gasteiger partial charge in [-0.25, -0.2) is 0 Å². The summed E-state index contributed by atoms with van der Waals surface area (Å²) in [5, 5.41) is 18.2. The van der Waals surface area contributed by atoms with Gasteiger partial charge in [0.25, 0.3) is 0 Å².